The number of fused-ring (bicyclic) bond motifs is 3. The zero-order valence-electron chi connectivity index (χ0n) is 15.8. The van der Waals surface area contributed by atoms with E-state index >= 15 is 0 Å². The molecule has 9 heteroatoms. The van der Waals surface area contributed by atoms with Gasteiger partial charge in [-0.1, -0.05) is 15.9 Å². The lowest BCUT2D eigenvalue weighted by Crippen LogP contribution is -2.25. The van der Waals surface area contributed by atoms with Gasteiger partial charge in [0.25, 0.3) is 5.56 Å². The summed E-state index contributed by atoms with van der Waals surface area (Å²) < 4.78 is 6.25. The van der Waals surface area contributed by atoms with Crippen molar-refractivity contribution >= 4 is 55.2 Å². The van der Waals surface area contributed by atoms with E-state index < -0.39 is 0 Å². The van der Waals surface area contributed by atoms with Crippen molar-refractivity contribution in [3.8, 4) is 5.75 Å². The molecule has 0 bridgehead atoms. The second kappa shape index (κ2) is 8.89. The summed E-state index contributed by atoms with van der Waals surface area (Å²) in [4.78, 5) is 34.3. The number of hydrogen-bond acceptors (Lipinski definition) is 6. The van der Waals surface area contributed by atoms with Crippen molar-refractivity contribution in [1.82, 2.24) is 15.3 Å². The summed E-state index contributed by atoms with van der Waals surface area (Å²) in [6.07, 6.45) is 3.13. The van der Waals surface area contributed by atoms with Gasteiger partial charge in [0, 0.05) is 21.5 Å². The van der Waals surface area contributed by atoms with E-state index in [1.165, 1.54) is 22.2 Å². The minimum atomic E-state index is -0.0736. The quantitative estimate of drug-likeness (QED) is 0.522. The Morgan fingerprint density at radius 2 is 2.28 bits per heavy atom. The molecule has 0 atom stereocenters. The lowest BCUT2D eigenvalue weighted by atomic mass is 10.2. The number of thioether (sulfide) groups is 1. The van der Waals surface area contributed by atoms with Crippen molar-refractivity contribution in [2.45, 2.75) is 31.6 Å². The van der Waals surface area contributed by atoms with Gasteiger partial charge in [-0.25, -0.2) is 4.98 Å². The Morgan fingerprint density at radius 1 is 1.41 bits per heavy atom. The highest BCUT2D eigenvalue weighted by Gasteiger charge is 2.21. The molecule has 3 aromatic rings. The molecule has 2 N–H and O–H groups in total. The first-order valence-corrected chi connectivity index (χ1v) is 12.0. The topological polar surface area (TPSA) is 84.1 Å². The van der Waals surface area contributed by atoms with Gasteiger partial charge in [-0.3, -0.25) is 9.59 Å². The molecule has 2 aromatic heterocycles. The third-order valence-corrected chi connectivity index (χ3v) is 7.44. The van der Waals surface area contributed by atoms with Gasteiger partial charge < -0.3 is 15.0 Å². The van der Waals surface area contributed by atoms with Gasteiger partial charge in [-0.2, -0.15) is 0 Å². The van der Waals surface area contributed by atoms with Crippen LogP contribution in [0.3, 0.4) is 0 Å². The molecule has 0 spiro atoms. The average molecular weight is 494 g/mol. The van der Waals surface area contributed by atoms with Crippen LogP contribution in [0.1, 0.15) is 28.2 Å². The fourth-order valence-electron chi connectivity index (χ4n) is 3.49. The van der Waals surface area contributed by atoms with E-state index in [0.717, 1.165) is 45.3 Å². The molecule has 0 radical (unpaired) electrons. The van der Waals surface area contributed by atoms with Gasteiger partial charge in [0.15, 0.2) is 0 Å². The number of aryl methyl sites for hydroxylation is 2. The second-order valence-electron chi connectivity index (χ2n) is 6.78. The number of amides is 1. The summed E-state index contributed by atoms with van der Waals surface area (Å²) >= 11 is 6.49. The molecule has 1 aliphatic rings. The van der Waals surface area contributed by atoms with Gasteiger partial charge in [-0.05, 0) is 43.0 Å². The molecule has 0 fully saturated rings. The van der Waals surface area contributed by atoms with Gasteiger partial charge in [-0.15, -0.1) is 23.1 Å². The Kier molecular flexibility index (Phi) is 6.26. The second-order valence-corrected chi connectivity index (χ2v) is 9.76. The van der Waals surface area contributed by atoms with Crippen LogP contribution in [-0.2, 0) is 29.9 Å². The van der Waals surface area contributed by atoms with Crippen LogP contribution in [0.4, 0.5) is 0 Å². The Balaban J connectivity index is 1.33. The van der Waals surface area contributed by atoms with Crippen LogP contribution in [0.15, 0.2) is 27.5 Å². The SMILES string of the molecule is COc1ccc(Br)cc1CNC(=O)CSCc1nc2sc3c(c2c(=O)[nH]1)CCC3. The molecular weight excluding hydrogens is 474 g/mol. The fourth-order valence-corrected chi connectivity index (χ4v) is 5.89. The summed E-state index contributed by atoms with van der Waals surface area (Å²) in [6.45, 7) is 0.393. The highest BCUT2D eigenvalue weighted by molar-refractivity contribution is 9.10. The van der Waals surface area contributed by atoms with E-state index in [1.54, 1.807) is 18.4 Å². The number of nitrogens with zero attached hydrogens (tertiary/aromatic N) is 1. The fraction of sp³-hybridized carbons (Fsp3) is 0.350. The molecule has 0 unspecified atom stereocenters. The molecule has 1 aromatic carbocycles. The molecule has 2 heterocycles. The first-order valence-electron chi connectivity index (χ1n) is 9.25. The number of hydrogen-bond donors (Lipinski definition) is 2. The number of carbonyl (C=O) groups is 1. The molecular formula is C20H20BrN3O3S2. The number of methoxy groups -OCH3 is 1. The summed E-state index contributed by atoms with van der Waals surface area (Å²) in [5.74, 6) is 2.06. The number of aromatic nitrogens is 2. The predicted octanol–water partition coefficient (Wildman–Crippen LogP) is 3.79. The number of nitrogens with one attached hydrogen (secondary N) is 2. The lowest BCUT2D eigenvalue weighted by molar-refractivity contribution is -0.118. The third-order valence-electron chi connectivity index (χ3n) is 4.81. The maximum atomic E-state index is 12.5. The van der Waals surface area contributed by atoms with E-state index in [0.29, 0.717) is 23.9 Å². The molecule has 29 heavy (non-hydrogen) atoms. The first-order chi connectivity index (χ1) is 14.0. The van der Waals surface area contributed by atoms with Gasteiger partial charge in [0.2, 0.25) is 5.91 Å². The first kappa shape index (κ1) is 20.4. The van der Waals surface area contributed by atoms with Crippen LogP contribution in [0, 0.1) is 0 Å². The molecule has 6 nitrogen and oxygen atoms in total. The smallest absolute Gasteiger partial charge is 0.259 e. The molecule has 4 rings (SSSR count). The minimum absolute atomic E-state index is 0.0591. The van der Waals surface area contributed by atoms with Crippen molar-refractivity contribution in [2.75, 3.05) is 12.9 Å². The molecule has 0 saturated heterocycles. The monoisotopic (exact) mass is 493 g/mol. The van der Waals surface area contributed by atoms with Crippen LogP contribution in [-0.4, -0.2) is 28.7 Å². The number of H-pyrrole nitrogens is 1. The largest absolute Gasteiger partial charge is 0.496 e. The van der Waals surface area contributed by atoms with Crippen molar-refractivity contribution < 1.29 is 9.53 Å². The molecule has 1 amide bonds. The Morgan fingerprint density at radius 3 is 3.10 bits per heavy atom. The van der Waals surface area contributed by atoms with Gasteiger partial charge in [0.05, 0.1) is 24.0 Å². The number of rotatable bonds is 7. The molecule has 0 aliphatic heterocycles. The van der Waals surface area contributed by atoms with Crippen molar-refractivity contribution in [1.29, 1.82) is 0 Å². The molecule has 0 saturated carbocycles. The summed E-state index contributed by atoms with van der Waals surface area (Å²) in [5, 5.41) is 3.66. The van der Waals surface area contributed by atoms with Crippen LogP contribution in [0.2, 0.25) is 0 Å². The minimum Gasteiger partial charge on any atom is -0.496 e. The van der Waals surface area contributed by atoms with E-state index in [1.807, 2.05) is 18.2 Å². The highest BCUT2D eigenvalue weighted by atomic mass is 79.9. The highest BCUT2D eigenvalue weighted by Crippen LogP contribution is 2.34. The Bertz CT molecular complexity index is 1130. The zero-order valence-corrected chi connectivity index (χ0v) is 19.1. The molecule has 1 aliphatic carbocycles. The average Bonchev–Trinajstić information content (AvgIpc) is 3.27. The molecule has 152 valence electrons. The van der Waals surface area contributed by atoms with E-state index in [4.69, 9.17) is 4.74 Å². The number of ether oxygens (including phenoxy) is 1. The van der Waals surface area contributed by atoms with Crippen LogP contribution < -0.4 is 15.6 Å². The summed E-state index contributed by atoms with van der Waals surface area (Å²) in [5.41, 5.74) is 2.03. The maximum absolute atomic E-state index is 12.5. The Hall–Kier alpha value is -1.84. The van der Waals surface area contributed by atoms with Gasteiger partial charge in [0.1, 0.15) is 16.4 Å². The normalized spacial score (nSPS) is 12.9. The van der Waals surface area contributed by atoms with Crippen molar-refractivity contribution in [2.24, 2.45) is 0 Å². The van der Waals surface area contributed by atoms with Crippen LogP contribution in [0.25, 0.3) is 10.2 Å². The number of thiophene rings is 1. The Labute approximate surface area is 184 Å². The third kappa shape index (κ3) is 4.51. The van der Waals surface area contributed by atoms with Crippen LogP contribution in [0.5, 0.6) is 5.75 Å². The maximum Gasteiger partial charge on any atom is 0.259 e. The standard InChI is InChI=1S/C20H20BrN3O3S2/c1-27-14-6-5-12(21)7-11(14)8-22-17(25)10-28-9-16-23-19(26)18-13-3-2-4-15(13)29-20(18)24-16/h5-7H,2-4,8-10H2,1H3,(H,22,25)(H,23,24,26). The number of aromatic amines is 1. The van der Waals surface area contributed by atoms with Crippen molar-refractivity contribution in [3.05, 3.63) is 54.9 Å². The number of halogens is 1. The zero-order chi connectivity index (χ0) is 20.4. The lowest BCUT2D eigenvalue weighted by Gasteiger charge is -2.10. The van der Waals surface area contributed by atoms with Gasteiger partial charge >= 0.3 is 0 Å². The number of benzene rings is 1. The predicted molar refractivity (Wildman–Crippen MR) is 121 cm³/mol. The van der Waals surface area contributed by atoms with E-state index in [9.17, 15) is 9.59 Å². The van der Waals surface area contributed by atoms with E-state index in [2.05, 4.69) is 31.2 Å². The van der Waals surface area contributed by atoms with E-state index in [-0.39, 0.29) is 11.5 Å². The number of carbonyl (C=O) groups excluding carboxylic acids is 1. The van der Waals surface area contributed by atoms with Crippen molar-refractivity contribution in [3.63, 3.8) is 0 Å². The summed E-state index contributed by atoms with van der Waals surface area (Å²) in [6, 6.07) is 5.68. The summed E-state index contributed by atoms with van der Waals surface area (Å²) in [7, 11) is 1.61. The van der Waals surface area contributed by atoms with Crippen LogP contribution >= 0.6 is 39.0 Å².